The number of aromatic hydroxyl groups is 1. The van der Waals surface area contributed by atoms with Crippen LogP contribution in [0.2, 0.25) is 0 Å². The standard InChI is InChI=1S/C22H25NO/c1-2-3-4-5-10-18-14-15-19(16-22(18)24)23-21-13-8-11-17-9-6-7-12-20(17)21/h6-9,11-16,23-24H,2-5,10H2,1H3. The van der Waals surface area contributed by atoms with Gasteiger partial charge in [-0.2, -0.15) is 0 Å². The van der Waals surface area contributed by atoms with E-state index in [0.29, 0.717) is 5.75 Å². The number of anilines is 2. The predicted octanol–water partition coefficient (Wildman–Crippen LogP) is 6.41. The summed E-state index contributed by atoms with van der Waals surface area (Å²) in [6.07, 6.45) is 5.81. The van der Waals surface area contributed by atoms with E-state index in [1.165, 1.54) is 30.0 Å². The van der Waals surface area contributed by atoms with Crippen LogP contribution in [-0.2, 0) is 6.42 Å². The predicted molar refractivity (Wildman–Crippen MR) is 103 cm³/mol. The van der Waals surface area contributed by atoms with E-state index in [-0.39, 0.29) is 0 Å². The van der Waals surface area contributed by atoms with Crippen molar-refractivity contribution in [2.75, 3.05) is 5.32 Å². The molecule has 0 amide bonds. The maximum Gasteiger partial charge on any atom is 0.120 e. The number of rotatable bonds is 7. The van der Waals surface area contributed by atoms with Gasteiger partial charge in [-0.05, 0) is 35.9 Å². The molecule has 24 heavy (non-hydrogen) atoms. The average Bonchev–Trinajstić information content (AvgIpc) is 2.61. The highest BCUT2D eigenvalue weighted by atomic mass is 16.3. The summed E-state index contributed by atoms with van der Waals surface area (Å²) in [6.45, 7) is 2.21. The maximum absolute atomic E-state index is 10.3. The lowest BCUT2D eigenvalue weighted by atomic mass is 10.0. The summed E-state index contributed by atoms with van der Waals surface area (Å²) in [5.41, 5.74) is 3.01. The minimum atomic E-state index is 0.386. The molecule has 0 aliphatic carbocycles. The molecular weight excluding hydrogens is 294 g/mol. The van der Waals surface area contributed by atoms with Crippen LogP contribution in [0.3, 0.4) is 0 Å². The number of hydrogen-bond acceptors (Lipinski definition) is 2. The zero-order valence-corrected chi connectivity index (χ0v) is 14.3. The molecule has 2 heteroatoms. The number of benzene rings is 3. The first-order valence-corrected chi connectivity index (χ1v) is 8.84. The molecule has 0 heterocycles. The number of nitrogens with one attached hydrogen (secondary N) is 1. The van der Waals surface area contributed by atoms with Crippen LogP contribution in [0.15, 0.2) is 60.7 Å². The van der Waals surface area contributed by atoms with Crippen molar-refractivity contribution in [3.8, 4) is 5.75 Å². The fraction of sp³-hybridized carbons (Fsp3) is 0.273. The summed E-state index contributed by atoms with van der Waals surface area (Å²) in [6, 6.07) is 20.5. The van der Waals surface area contributed by atoms with Gasteiger partial charge in [0.25, 0.3) is 0 Å². The highest BCUT2D eigenvalue weighted by Gasteiger charge is 2.05. The van der Waals surface area contributed by atoms with Crippen LogP contribution >= 0.6 is 0 Å². The summed E-state index contributed by atoms with van der Waals surface area (Å²) < 4.78 is 0. The molecule has 124 valence electrons. The Bertz CT molecular complexity index is 805. The monoisotopic (exact) mass is 319 g/mol. The molecule has 0 radical (unpaired) electrons. The van der Waals surface area contributed by atoms with Crippen LogP contribution in [0.1, 0.15) is 38.2 Å². The first-order chi connectivity index (χ1) is 11.8. The lowest BCUT2D eigenvalue weighted by Gasteiger charge is -2.12. The summed E-state index contributed by atoms with van der Waals surface area (Å²) in [4.78, 5) is 0. The summed E-state index contributed by atoms with van der Waals surface area (Å²) in [5.74, 6) is 0.386. The van der Waals surface area contributed by atoms with Crippen molar-refractivity contribution in [2.24, 2.45) is 0 Å². The zero-order chi connectivity index (χ0) is 16.8. The molecule has 0 aromatic heterocycles. The van der Waals surface area contributed by atoms with Gasteiger partial charge >= 0.3 is 0 Å². The van der Waals surface area contributed by atoms with Gasteiger partial charge in [0.05, 0.1) is 0 Å². The van der Waals surface area contributed by atoms with Gasteiger partial charge in [0.15, 0.2) is 0 Å². The Hall–Kier alpha value is -2.48. The van der Waals surface area contributed by atoms with Crippen LogP contribution in [0.25, 0.3) is 10.8 Å². The van der Waals surface area contributed by atoms with Crippen molar-refractivity contribution < 1.29 is 5.11 Å². The summed E-state index contributed by atoms with van der Waals surface area (Å²) in [5, 5.41) is 16.1. The second-order valence-electron chi connectivity index (χ2n) is 6.31. The van der Waals surface area contributed by atoms with Crippen LogP contribution in [0.5, 0.6) is 5.75 Å². The third kappa shape index (κ3) is 3.88. The van der Waals surface area contributed by atoms with E-state index in [1.807, 2.05) is 30.3 Å². The summed E-state index contributed by atoms with van der Waals surface area (Å²) >= 11 is 0. The van der Waals surface area contributed by atoms with E-state index >= 15 is 0 Å². The van der Waals surface area contributed by atoms with Gasteiger partial charge in [-0.3, -0.25) is 0 Å². The lowest BCUT2D eigenvalue weighted by molar-refractivity contribution is 0.466. The maximum atomic E-state index is 10.3. The van der Waals surface area contributed by atoms with Crippen molar-refractivity contribution in [3.05, 3.63) is 66.2 Å². The van der Waals surface area contributed by atoms with Gasteiger partial charge in [-0.1, -0.05) is 68.7 Å². The first kappa shape index (κ1) is 16.4. The number of phenolic OH excluding ortho intramolecular Hbond substituents is 1. The Morgan fingerprint density at radius 3 is 2.54 bits per heavy atom. The number of hydrogen-bond donors (Lipinski definition) is 2. The van der Waals surface area contributed by atoms with Crippen molar-refractivity contribution in [3.63, 3.8) is 0 Å². The molecule has 0 saturated carbocycles. The van der Waals surface area contributed by atoms with Gasteiger partial charge in [-0.25, -0.2) is 0 Å². The van der Waals surface area contributed by atoms with E-state index in [2.05, 4.69) is 42.6 Å². The van der Waals surface area contributed by atoms with Crippen LogP contribution in [0, 0.1) is 0 Å². The molecule has 0 bridgehead atoms. The molecule has 0 fully saturated rings. The molecule has 2 N–H and O–H groups in total. The number of phenols is 1. The molecule has 2 nitrogen and oxygen atoms in total. The Kier molecular flexibility index (Phi) is 5.37. The number of fused-ring (bicyclic) bond motifs is 1. The van der Waals surface area contributed by atoms with Crippen LogP contribution in [-0.4, -0.2) is 5.11 Å². The highest BCUT2D eigenvalue weighted by Crippen LogP contribution is 2.29. The molecule has 0 spiro atoms. The van der Waals surface area contributed by atoms with E-state index in [0.717, 1.165) is 29.8 Å². The number of unbranched alkanes of at least 4 members (excludes halogenated alkanes) is 3. The Morgan fingerprint density at radius 2 is 1.71 bits per heavy atom. The third-order valence-electron chi connectivity index (χ3n) is 4.45. The molecule has 0 saturated heterocycles. The van der Waals surface area contributed by atoms with Crippen molar-refractivity contribution >= 4 is 22.1 Å². The zero-order valence-electron chi connectivity index (χ0n) is 14.3. The highest BCUT2D eigenvalue weighted by molar-refractivity contribution is 5.95. The molecular formula is C22H25NO. The second kappa shape index (κ2) is 7.87. The normalized spacial score (nSPS) is 10.9. The van der Waals surface area contributed by atoms with Gasteiger partial charge < -0.3 is 10.4 Å². The van der Waals surface area contributed by atoms with Crippen molar-refractivity contribution in [1.29, 1.82) is 0 Å². The number of aryl methyl sites for hydroxylation is 1. The lowest BCUT2D eigenvalue weighted by Crippen LogP contribution is -1.93. The molecule has 3 rings (SSSR count). The molecule has 3 aromatic carbocycles. The molecule has 0 aliphatic heterocycles. The minimum Gasteiger partial charge on any atom is -0.508 e. The SMILES string of the molecule is CCCCCCc1ccc(Nc2cccc3ccccc23)cc1O. The smallest absolute Gasteiger partial charge is 0.120 e. The van der Waals surface area contributed by atoms with Crippen LogP contribution < -0.4 is 5.32 Å². The molecule has 0 atom stereocenters. The second-order valence-corrected chi connectivity index (χ2v) is 6.31. The fourth-order valence-electron chi connectivity index (χ4n) is 3.09. The van der Waals surface area contributed by atoms with Gasteiger partial charge in [0.1, 0.15) is 5.75 Å². The van der Waals surface area contributed by atoms with Crippen molar-refractivity contribution in [2.45, 2.75) is 39.0 Å². The van der Waals surface area contributed by atoms with E-state index in [1.54, 1.807) is 0 Å². The van der Waals surface area contributed by atoms with E-state index in [4.69, 9.17) is 0 Å². The third-order valence-corrected chi connectivity index (χ3v) is 4.45. The largest absolute Gasteiger partial charge is 0.508 e. The van der Waals surface area contributed by atoms with Crippen LogP contribution in [0.4, 0.5) is 11.4 Å². The quantitative estimate of drug-likeness (QED) is 0.493. The first-order valence-electron chi connectivity index (χ1n) is 8.84. The topological polar surface area (TPSA) is 32.3 Å². The molecule has 0 aliphatic rings. The van der Waals surface area contributed by atoms with Crippen molar-refractivity contribution in [1.82, 2.24) is 0 Å². The molecule has 0 unspecified atom stereocenters. The Morgan fingerprint density at radius 1 is 0.875 bits per heavy atom. The molecule has 3 aromatic rings. The Balaban J connectivity index is 1.74. The van der Waals surface area contributed by atoms with Gasteiger partial charge in [-0.15, -0.1) is 0 Å². The minimum absolute atomic E-state index is 0.386. The fourth-order valence-corrected chi connectivity index (χ4v) is 3.09. The summed E-state index contributed by atoms with van der Waals surface area (Å²) in [7, 11) is 0. The van der Waals surface area contributed by atoms with Gasteiger partial charge in [0, 0.05) is 22.8 Å². The Labute approximate surface area is 144 Å². The van der Waals surface area contributed by atoms with Gasteiger partial charge in [0.2, 0.25) is 0 Å². The van der Waals surface area contributed by atoms with E-state index < -0.39 is 0 Å². The average molecular weight is 319 g/mol. The van der Waals surface area contributed by atoms with E-state index in [9.17, 15) is 5.11 Å².